The molecule has 0 radical (unpaired) electrons. The summed E-state index contributed by atoms with van der Waals surface area (Å²) < 4.78 is 13.6. The van der Waals surface area contributed by atoms with Gasteiger partial charge in [-0.1, -0.05) is 50.2 Å². The molecule has 0 aromatic heterocycles. The molecule has 0 fully saturated rings. The van der Waals surface area contributed by atoms with Gasteiger partial charge in [-0.25, -0.2) is 4.39 Å². The summed E-state index contributed by atoms with van der Waals surface area (Å²) in [6.45, 7) is 6.11. The van der Waals surface area contributed by atoms with Crippen molar-refractivity contribution in [3.63, 3.8) is 0 Å². The summed E-state index contributed by atoms with van der Waals surface area (Å²) >= 11 is 0. The summed E-state index contributed by atoms with van der Waals surface area (Å²) in [5.41, 5.74) is 10.2. The minimum atomic E-state index is -0.187. The summed E-state index contributed by atoms with van der Waals surface area (Å²) in [4.78, 5) is 0. The summed E-state index contributed by atoms with van der Waals surface area (Å²) in [5, 5.41) is 0. The lowest BCUT2D eigenvalue weighted by atomic mass is 9.96. The number of benzene rings is 2. The van der Waals surface area contributed by atoms with E-state index in [2.05, 4.69) is 38.1 Å². The van der Waals surface area contributed by atoms with E-state index in [0.717, 1.165) is 12.0 Å². The van der Waals surface area contributed by atoms with E-state index in [4.69, 9.17) is 5.73 Å². The van der Waals surface area contributed by atoms with Gasteiger partial charge < -0.3 is 5.73 Å². The highest BCUT2D eigenvalue weighted by molar-refractivity contribution is 5.29. The molecule has 106 valence electrons. The van der Waals surface area contributed by atoms with Crippen molar-refractivity contribution in [1.82, 2.24) is 0 Å². The molecule has 1 unspecified atom stereocenters. The fourth-order valence-electron chi connectivity index (χ4n) is 2.25. The van der Waals surface area contributed by atoms with Crippen LogP contribution in [-0.2, 0) is 6.42 Å². The first-order valence-corrected chi connectivity index (χ1v) is 7.08. The predicted octanol–water partition coefficient (Wildman–Crippen LogP) is 4.50. The van der Waals surface area contributed by atoms with E-state index in [0.29, 0.717) is 11.5 Å². The van der Waals surface area contributed by atoms with Crippen LogP contribution in [0.1, 0.15) is 48.1 Å². The van der Waals surface area contributed by atoms with Crippen molar-refractivity contribution in [2.75, 3.05) is 0 Å². The van der Waals surface area contributed by atoms with Crippen molar-refractivity contribution in [2.45, 2.75) is 39.2 Å². The molecule has 0 aliphatic heterocycles. The molecule has 0 spiro atoms. The van der Waals surface area contributed by atoms with Gasteiger partial charge in [-0.05, 0) is 47.6 Å². The van der Waals surface area contributed by atoms with Crippen LogP contribution in [0.15, 0.2) is 42.5 Å². The molecule has 0 saturated carbocycles. The van der Waals surface area contributed by atoms with Gasteiger partial charge in [-0.15, -0.1) is 0 Å². The van der Waals surface area contributed by atoms with Gasteiger partial charge in [0, 0.05) is 6.04 Å². The molecule has 0 amide bonds. The number of hydrogen-bond acceptors (Lipinski definition) is 1. The van der Waals surface area contributed by atoms with E-state index in [1.54, 1.807) is 19.1 Å². The van der Waals surface area contributed by atoms with Gasteiger partial charge in [0.15, 0.2) is 0 Å². The van der Waals surface area contributed by atoms with Gasteiger partial charge in [0.25, 0.3) is 0 Å². The van der Waals surface area contributed by atoms with E-state index in [-0.39, 0.29) is 11.9 Å². The van der Waals surface area contributed by atoms with Crippen LogP contribution in [-0.4, -0.2) is 0 Å². The first kappa shape index (κ1) is 14.7. The molecule has 1 nitrogen and oxygen atoms in total. The molecule has 0 aliphatic rings. The van der Waals surface area contributed by atoms with Gasteiger partial charge >= 0.3 is 0 Å². The fraction of sp³-hybridized carbons (Fsp3) is 0.333. The molecule has 0 bridgehead atoms. The van der Waals surface area contributed by atoms with E-state index in [1.807, 2.05) is 6.07 Å². The third-order valence-electron chi connectivity index (χ3n) is 3.73. The van der Waals surface area contributed by atoms with Crippen molar-refractivity contribution in [3.8, 4) is 0 Å². The number of hydrogen-bond donors (Lipinski definition) is 1. The zero-order chi connectivity index (χ0) is 14.7. The lowest BCUT2D eigenvalue weighted by Crippen LogP contribution is -2.13. The molecular formula is C18H22FN. The van der Waals surface area contributed by atoms with Crippen LogP contribution >= 0.6 is 0 Å². The SMILES string of the molecule is Cc1ccc(C(N)Cc2ccc(C(C)C)cc2)cc1F. The topological polar surface area (TPSA) is 26.0 Å². The van der Waals surface area contributed by atoms with Crippen LogP contribution in [0.3, 0.4) is 0 Å². The molecule has 0 aliphatic carbocycles. The molecule has 2 N–H and O–H groups in total. The molecule has 0 heterocycles. The van der Waals surface area contributed by atoms with Gasteiger partial charge in [0.2, 0.25) is 0 Å². The Kier molecular flexibility index (Phi) is 4.56. The zero-order valence-electron chi connectivity index (χ0n) is 12.4. The first-order valence-electron chi connectivity index (χ1n) is 7.08. The Labute approximate surface area is 120 Å². The third-order valence-corrected chi connectivity index (χ3v) is 3.73. The highest BCUT2D eigenvalue weighted by atomic mass is 19.1. The maximum absolute atomic E-state index is 13.6. The van der Waals surface area contributed by atoms with Gasteiger partial charge in [0.05, 0.1) is 0 Å². The maximum Gasteiger partial charge on any atom is 0.126 e. The monoisotopic (exact) mass is 271 g/mol. The van der Waals surface area contributed by atoms with Crippen molar-refractivity contribution < 1.29 is 4.39 Å². The molecule has 1 atom stereocenters. The average molecular weight is 271 g/mol. The molecular weight excluding hydrogens is 249 g/mol. The smallest absolute Gasteiger partial charge is 0.126 e. The van der Waals surface area contributed by atoms with Gasteiger partial charge in [0.1, 0.15) is 5.82 Å². The van der Waals surface area contributed by atoms with Crippen LogP contribution in [0.25, 0.3) is 0 Å². The van der Waals surface area contributed by atoms with Gasteiger partial charge in [-0.2, -0.15) is 0 Å². The van der Waals surface area contributed by atoms with Gasteiger partial charge in [-0.3, -0.25) is 0 Å². The summed E-state index contributed by atoms with van der Waals surface area (Å²) in [5.74, 6) is 0.344. The Hall–Kier alpha value is -1.67. The van der Waals surface area contributed by atoms with Crippen LogP contribution in [0.4, 0.5) is 4.39 Å². The van der Waals surface area contributed by atoms with Crippen molar-refractivity contribution in [1.29, 1.82) is 0 Å². The number of aryl methyl sites for hydroxylation is 1. The highest BCUT2D eigenvalue weighted by Gasteiger charge is 2.09. The standard InChI is InChI=1S/C18H22FN/c1-12(2)15-8-5-14(6-9-15)10-18(20)16-7-4-13(3)17(19)11-16/h4-9,11-12,18H,10,20H2,1-3H3. The summed E-state index contributed by atoms with van der Waals surface area (Å²) in [6.07, 6.45) is 0.723. The predicted molar refractivity (Wildman–Crippen MR) is 82.3 cm³/mol. The maximum atomic E-state index is 13.6. The van der Waals surface area contributed by atoms with Crippen molar-refractivity contribution in [2.24, 2.45) is 5.73 Å². The van der Waals surface area contributed by atoms with Crippen LogP contribution in [0, 0.1) is 12.7 Å². The molecule has 2 rings (SSSR count). The molecule has 2 aromatic rings. The summed E-state index contributed by atoms with van der Waals surface area (Å²) in [6, 6.07) is 13.6. The van der Waals surface area contributed by atoms with E-state index >= 15 is 0 Å². The van der Waals surface area contributed by atoms with E-state index in [9.17, 15) is 4.39 Å². The van der Waals surface area contributed by atoms with Crippen molar-refractivity contribution >= 4 is 0 Å². The second-order valence-electron chi connectivity index (χ2n) is 5.72. The number of rotatable bonds is 4. The lowest BCUT2D eigenvalue weighted by Gasteiger charge is -2.14. The Bertz CT molecular complexity index is 572. The summed E-state index contributed by atoms with van der Waals surface area (Å²) in [7, 11) is 0. The Morgan fingerprint density at radius 1 is 1.00 bits per heavy atom. The Morgan fingerprint density at radius 2 is 1.60 bits per heavy atom. The van der Waals surface area contributed by atoms with E-state index in [1.165, 1.54) is 11.1 Å². The Morgan fingerprint density at radius 3 is 2.15 bits per heavy atom. The normalized spacial score (nSPS) is 12.7. The average Bonchev–Trinajstić information content (AvgIpc) is 2.42. The molecule has 2 heteroatoms. The zero-order valence-corrected chi connectivity index (χ0v) is 12.4. The van der Waals surface area contributed by atoms with Crippen LogP contribution in [0.5, 0.6) is 0 Å². The first-order chi connectivity index (χ1) is 9.47. The third kappa shape index (κ3) is 3.45. The second-order valence-corrected chi connectivity index (χ2v) is 5.72. The van der Waals surface area contributed by atoms with Crippen LogP contribution < -0.4 is 5.73 Å². The number of halogens is 1. The largest absolute Gasteiger partial charge is 0.324 e. The molecule has 0 saturated heterocycles. The molecule has 2 aromatic carbocycles. The van der Waals surface area contributed by atoms with Crippen LogP contribution in [0.2, 0.25) is 0 Å². The number of nitrogens with two attached hydrogens (primary N) is 1. The lowest BCUT2D eigenvalue weighted by molar-refractivity contribution is 0.609. The highest BCUT2D eigenvalue weighted by Crippen LogP contribution is 2.20. The van der Waals surface area contributed by atoms with E-state index < -0.39 is 0 Å². The minimum absolute atomic E-state index is 0.171. The fourth-order valence-corrected chi connectivity index (χ4v) is 2.25. The van der Waals surface area contributed by atoms with Crippen molar-refractivity contribution in [3.05, 3.63) is 70.5 Å². The quantitative estimate of drug-likeness (QED) is 0.870. The second kappa shape index (κ2) is 6.19. The molecule has 20 heavy (non-hydrogen) atoms. The minimum Gasteiger partial charge on any atom is -0.324 e. The Balaban J connectivity index is 2.10.